The summed E-state index contributed by atoms with van der Waals surface area (Å²) < 4.78 is 5.29. The van der Waals surface area contributed by atoms with E-state index in [1.165, 1.54) is 10.7 Å². The van der Waals surface area contributed by atoms with Crippen molar-refractivity contribution in [2.45, 2.75) is 33.4 Å². The monoisotopic (exact) mass is 306 g/mol. The van der Waals surface area contributed by atoms with Crippen molar-refractivity contribution in [1.82, 2.24) is 19.9 Å². The van der Waals surface area contributed by atoms with Crippen LogP contribution in [-0.2, 0) is 19.5 Å². The molecule has 0 aliphatic carbocycles. The van der Waals surface area contributed by atoms with E-state index >= 15 is 0 Å². The summed E-state index contributed by atoms with van der Waals surface area (Å²) in [6.07, 6.45) is 1.04. The zero-order valence-corrected chi connectivity index (χ0v) is 13.5. The Kier molecular flexibility index (Phi) is 4.67. The van der Waals surface area contributed by atoms with Crippen LogP contribution in [0.1, 0.15) is 29.1 Å². The molecule has 21 heavy (non-hydrogen) atoms. The lowest BCUT2D eigenvalue weighted by Gasteiger charge is -2.33. The molecule has 1 aliphatic heterocycles. The fraction of sp³-hybridized carbons (Fsp3) is 0.600. The van der Waals surface area contributed by atoms with Crippen molar-refractivity contribution in [2.75, 3.05) is 26.2 Å². The van der Waals surface area contributed by atoms with Crippen molar-refractivity contribution < 1.29 is 4.52 Å². The summed E-state index contributed by atoms with van der Waals surface area (Å²) in [5.74, 6) is 0.966. The van der Waals surface area contributed by atoms with Gasteiger partial charge in [0.1, 0.15) is 0 Å². The van der Waals surface area contributed by atoms with E-state index in [-0.39, 0.29) is 0 Å². The van der Waals surface area contributed by atoms with Gasteiger partial charge in [-0.2, -0.15) is 0 Å². The van der Waals surface area contributed by atoms with E-state index in [4.69, 9.17) is 4.52 Å². The molecule has 0 spiro atoms. The van der Waals surface area contributed by atoms with Gasteiger partial charge in [0.15, 0.2) is 5.76 Å². The molecule has 3 heterocycles. The minimum Gasteiger partial charge on any atom is -0.360 e. The third-order valence-corrected chi connectivity index (χ3v) is 4.85. The molecule has 0 saturated carbocycles. The first-order chi connectivity index (χ1) is 10.2. The van der Waals surface area contributed by atoms with Gasteiger partial charge in [-0.1, -0.05) is 12.1 Å². The maximum absolute atomic E-state index is 5.29. The molecule has 0 amide bonds. The van der Waals surface area contributed by atoms with E-state index in [0.717, 1.165) is 57.1 Å². The van der Waals surface area contributed by atoms with Crippen molar-refractivity contribution in [3.05, 3.63) is 33.6 Å². The number of piperazine rings is 1. The van der Waals surface area contributed by atoms with Gasteiger partial charge < -0.3 is 4.52 Å². The van der Waals surface area contributed by atoms with E-state index in [1.54, 1.807) is 11.3 Å². The van der Waals surface area contributed by atoms with Crippen LogP contribution in [0.15, 0.2) is 16.0 Å². The number of hydrogen-bond acceptors (Lipinski definition) is 6. The minimum atomic E-state index is 0.866. The lowest BCUT2D eigenvalue weighted by atomic mass is 10.2. The van der Waals surface area contributed by atoms with E-state index in [0.29, 0.717) is 0 Å². The average molecular weight is 306 g/mol. The van der Waals surface area contributed by atoms with Crippen LogP contribution in [0.4, 0.5) is 0 Å². The van der Waals surface area contributed by atoms with Gasteiger partial charge in [0, 0.05) is 44.2 Å². The van der Waals surface area contributed by atoms with Crippen LogP contribution in [0.3, 0.4) is 0 Å². The predicted octanol–water partition coefficient (Wildman–Crippen LogP) is 2.32. The zero-order chi connectivity index (χ0) is 14.7. The van der Waals surface area contributed by atoms with Crippen molar-refractivity contribution in [1.29, 1.82) is 0 Å². The van der Waals surface area contributed by atoms with E-state index in [1.807, 2.05) is 13.0 Å². The summed E-state index contributed by atoms with van der Waals surface area (Å²) >= 11 is 1.78. The Morgan fingerprint density at radius 1 is 1.19 bits per heavy atom. The Balaban J connectivity index is 1.46. The Labute approximate surface area is 129 Å². The summed E-state index contributed by atoms with van der Waals surface area (Å²) in [6, 6.07) is 2.02. The topological polar surface area (TPSA) is 45.4 Å². The first-order valence-corrected chi connectivity index (χ1v) is 8.41. The lowest BCUT2D eigenvalue weighted by Crippen LogP contribution is -2.45. The van der Waals surface area contributed by atoms with Gasteiger partial charge in [-0.3, -0.25) is 9.80 Å². The molecule has 3 rings (SSSR count). The van der Waals surface area contributed by atoms with Crippen molar-refractivity contribution in [3.63, 3.8) is 0 Å². The van der Waals surface area contributed by atoms with Gasteiger partial charge in [0.25, 0.3) is 0 Å². The summed E-state index contributed by atoms with van der Waals surface area (Å²) in [5, 5.41) is 7.38. The average Bonchev–Trinajstić information content (AvgIpc) is 3.10. The Morgan fingerprint density at radius 3 is 2.48 bits per heavy atom. The maximum atomic E-state index is 5.29. The van der Waals surface area contributed by atoms with Crippen LogP contribution in [0, 0.1) is 6.92 Å². The number of thiazole rings is 1. The molecule has 114 valence electrons. The highest BCUT2D eigenvalue weighted by molar-refractivity contribution is 7.09. The van der Waals surface area contributed by atoms with E-state index in [9.17, 15) is 0 Å². The first kappa shape index (κ1) is 14.7. The number of aryl methyl sites for hydroxylation is 2. The SMILES string of the molecule is CCc1nc(CN2CCN(Cc3cc(C)no3)CC2)cs1. The summed E-state index contributed by atoms with van der Waals surface area (Å²) in [6.45, 7) is 10.3. The Morgan fingerprint density at radius 2 is 1.90 bits per heavy atom. The van der Waals surface area contributed by atoms with Crippen LogP contribution in [0.5, 0.6) is 0 Å². The quantitative estimate of drug-likeness (QED) is 0.848. The summed E-state index contributed by atoms with van der Waals surface area (Å²) in [7, 11) is 0. The summed E-state index contributed by atoms with van der Waals surface area (Å²) in [4.78, 5) is 9.56. The number of nitrogens with zero attached hydrogens (tertiary/aromatic N) is 4. The molecular weight excluding hydrogens is 284 g/mol. The van der Waals surface area contributed by atoms with Gasteiger partial charge in [-0.15, -0.1) is 11.3 Å². The largest absolute Gasteiger partial charge is 0.360 e. The van der Waals surface area contributed by atoms with Crippen molar-refractivity contribution in [3.8, 4) is 0 Å². The Bertz CT molecular complexity index is 572. The van der Waals surface area contributed by atoms with Crippen LogP contribution in [-0.4, -0.2) is 46.1 Å². The highest BCUT2D eigenvalue weighted by Crippen LogP contribution is 2.14. The predicted molar refractivity (Wildman–Crippen MR) is 83.3 cm³/mol. The van der Waals surface area contributed by atoms with Crippen LogP contribution in [0.2, 0.25) is 0 Å². The van der Waals surface area contributed by atoms with Crippen LogP contribution < -0.4 is 0 Å². The molecule has 0 atom stereocenters. The van der Waals surface area contributed by atoms with Gasteiger partial charge in [0.05, 0.1) is 22.9 Å². The standard InChI is InChI=1S/C15H22N4OS/c1-3-15-16-13(11-21-15)9-18-4-6-19(7-5-18)10-14-8-12(2)17-20-14/h8,11H,3-7,9-10H2,1-2H3. The zero-order valence-electron chi connectivity index (χ0n) is 12.7. The van der Waals surface area contributed by atoms with Crippen LogP contribution in [0.25, 0.3) is 0 Å². The number of hydrogen-bond donors (Lipinski definition) is 0. The first-order valence-electron chi connectivity index (χ1n) is 7.53. The normalized spacial score (nSPS) is 17.4. The third kappa shape index (κ3) is 3.90. The second-order valence-electron chi connectivity index (χ2n) is 5.57. The molecule has 2 aromatic rings. The number of rotatable bonds is 5. The molecule has 0 aromatic carbocycles. The maximum Gasteiger partial charge on any atom is 0.150 e. The van der Waals surface area contributed by atoms with Gasteiger partial charge >= 0.3 is 0 Å². The van der Waals surface area contributed by atoms with Crippen LogP contribution >= 0.6 is 11.3 Å². The fourth-order valence-corrected chi connectivity index (χ4v) is 3.37. The molecule has 2 aromatic heterocycles. The fourth-order valence-electron chi connectivity index (χ4n) is 2.63. The van der Waals surface area contributed by atoms with Gasteiger partial charge in [-0.05, 0) is 13.3 Å². The molecule has 0 bridgehead atoms. The highest BCUT2D eigenvalue weighted by atomic mass is 32.1. The Hall–Kier alpha value is -1.24. The van der Waals surface area contributed by atoms with Crippen molar-refractivity contribution in [2.24, 2.45) is 0 Å². The summed E-state index contributed by atoms with van der Waals surface area (Å²) in [5.41, 5.74) is 2.18. The lowest BCUT2D eigenvalue weighted by molar-refractivity contribution is 0.113. The molecule has 0 N–H and O–H groups in total. The van der Waals surface area contributed by atoms with Crippen molar-refractivity contribution >= 4 is 11.3 Å². The van der Waals surface area contributed by atoms with E-state index < -0.39 is 0 Å². The molecule has 1 fully saturated rings. The minimum absolute atomic E-state index is 0.866. The molecule has 0 radical (unpaired) electrons. The molecule has 1 aliphatic rings. The second kappa shape index (κ2) is 6.68. The van der Waals surface area contributed by atoms with Gasteiger partial charge in [0.2, 0.25) is 0 Å². The van der Waals surface area contributed by atoms with Gasteiger partial charge in [-0.25, -0.2) is 4.98 Å². The molecule has 6 heteroatoms. The highest BCUT2D eigenvalue weighted by Gasteiger charge is 2.19. The smallest absolute Gasteiger partial charge is 0.150 e. The second-order valence-corrected chi connectivity index (χ2v) is 6.52. The molecule has 0 unspecified atom stereocenters. The molecular formula is C15H22N4OS. The molecule has 1 saturated heterocycles. The molecule has 5 nitrogen and oxygen atoms in total. The number of aromatic nitrogens is 2. The van der Waals surface area contributed by atoms with E-state index in [2.05, 4.69) is 32.2 Å². The third-order valence-electron chi connectivity index (χ3n) is 3.81.